The predicted molar refractivity (Wildman–Crippen MR) is 54.6 cm³/mol. The molecular weight excluding hydrogens is 342 g/mol. The number of hydrogen-bond donors (Lipinski definition) is 2. The van der Waals surface area contributed by atoms with Crippen molar-refractivity contribution in [3.05, 3.63) is 27.1 Å². The van der Waals surface area contributed by atoms with Gasteiger partial charge in [-0.3, -0.25) is 4.98 Å². The van der Waals surface area contributed by atoms with Gasteiger partial charge in [0, 0.05) is 15.3 Å². The van der Waals surface area contributed by atoms with Crippen LogP contribution in [-0.2, 0) is 11.0 Å². The van der Waals surface area contributed by atoms with Crippen molar-refractivity contribution >= 4 is 28.6 Å². The van der Waals surface area contributed by atoms with Crippen LogP contribution in [0.25, 0.3) is 0 Å². The third kappa shape index (κ3) is 2.82. The van der Waals surface area contributed by atoms with Crippen molar-refractivity contribution in [2.45, 2.75) is 12.3 Å². The second-order valence-corrected chi connectivity index (χ2v) is 4.00. The van der Waals surface area contributed by atoms with Gasteiger partial charge in [-0.15, -0.1) is 0 Å². The molecule has 0 bridgehead atoms. The maximum absolute atomic E-state index is 12.3. The van der Waals surface area contributed by atoms with Gasteiger partial charge in [-0.05, 0) is 28.7 Å². The number of aliphatic hydroxyl groups is 1. The maximum atomic E-state index is 12.3. The number of pyridine rings is 1. The highest BCUT2D eigenvalue weighted by molar-refractivity contribution is 14.1. The number of aromatic nitrogens is 1. The molecule has 0 aliphatic carbocycles. The lowest BCUT2D eigenvalue weighted by molar-refractivity contribution is -0.146. The molecule has 0 saturated carbocycles. The first kappa shape index (κ1) is 13.2. The van der Waals surface area contributed by atoms with Crippen LogP contribution in [-0.4, -0.2) is 21.2 Å². The third-order valence-corrected chi connectivity index (χ3v) is 2.50. The zero-order valence-corrected chi connectivity index (χ0v) is 9.65. The summed E-state index contributed by atoms with van der Waals surface area (Å²) in [7, 11) is 0. The average molecular weight is 347 g/mol. The molecule has 0 aliphatic rings. The quantitative estimate of drug-likeness (QED) is 0.801. The molecule has 0 spiro atoms. The second kappa shape index (κ2) is 4.53. The Balaban J connectivity index is 3.14. The van der Waals surface area contributed by atoms with E-state index in [0.717, 1.165) is 6.07 Å². The Labute approximate surface area is 101 Å². The number of nitrogens with zero attached hydrogens (tertiary/aromatic N) is 1. The van der Waals surface area contributed by atoms with Crippen LogP contribution in [0.15, 0.2) is 12.3 Å². The Kier molecular flexibility index (Phi) is 3.73. The summed E-state index contributed by atoms with van der Waals surface area (Å²) in [5.74, 6) is -1.54. The Morgan fingerprint density at radius 2 is 2.06 bits per heavy atom. The van der Waals surface area contributed by atoms with Crippen LogP contribution >= 0.6 is 22.6 Å². The van der Waals surface area contributed by atoms with Crippen LogP contribution in [0.4, 0.5) is 13.2 Å². The summed E-state index contributed by atoms with van der Waals surface area (Å²) in [6, 6.07) is 0.940. The predicted octanol–water partition coefficient (Wildman–Crippen LogP) is 1.82. The summed E-state index contributed by atoms with van der Waals surface area (Å²) in [5.41, 5.74) is -1.29. The molecule has 8 heteroatoms. The Bertz CT molecular complexity index is 421. The number of carboxylic acid groups (broad SMARTS) is 1. The number of halogens is 4. The summed E-state index contributed by atoms with van der Waals surface area (Å²) >= 11 is 1.38. The third-order valence-electron chi connectivity index (χ3n) is 1.68. The SMILES string of the molecule is O=C(O)C(O)c1cnc(C(F)(F)F)c(I)c1. The highest BCUT2D eigenvalue weighted by atomic mass is 127. The van der Waals surface area contributed by atoms with Crippen molar-refractivity contribution in [1.29, 1.82) is 0 Å². The lowest BCUT2D eigenvalue weighted by atomic mass is 10.1. The van der Waals surface area contributed by atoms with E-state index >= 15 is 0 Å². The van der Waals surface area contributed by atoms with Crippen molar-refractivity contribution in [2.75, 3.05) is 0 Å². The summed E-state index contributed by atoms with van der Waals surface area (Å²) < 4.78 is 36.6. The molecule has 1 rings (SSSR count). The van der Waals surface area contributed by atoms with E-state index in [-0.39, 0.29) is 9.13 Å². The number of rotatable bonds is 2. The summed E-state index contributed by atoms with van der Waals surface area (Å²) in [6.45, 7) is 0. The topological polar surface area (TPSA) is 70.4 Å². The molecule has 1 atom stereocenters. The fourth-order valence-electron chi connectivity index (χ4n) is 0.953. The van der Waals surface area contributed by atoms with Gasteiger partial charge in [-0.25, -0.2) is 4.79 Å². The number of aliphatic hydroxyl groups excluding tert-OH is 1. The Morgan fingerprint density at radius 3 is 2.44 bits per heavy atom. The fourth-order valence-corrected chi connectivity index (χ4v) is 1.76. The normalized spacial score (nSPS) is 13.6. The van der Waals surface area contributed by atoms with Crippen molar-refractivity contribution in [3.63, 3.8) is 0 Å². The summed E-state index contributed by atoms with van der Waals surface area (Å²) in [6.07, 6.45) is -5.77. The lowest BCUT2D eigenvalue weighted by Crippen LogP contribution is -2.15. The standard InChI is InChI=1S/C8H5F3INO3/c9-8(10,11)6-4(12)1-3(2-13-6)5(14)7(15)16/h1-2,5,14H,(H,15,16). The van der Waals surface area contributed by atoms with Gasteiger partial charge in [-0.2, -0.15) is 13.2 Å². The minimum atomic E-state index is -4.59. The van der Waals surface area contributed by atoms with E-state index in [0.29, 0.717) is 6.20 Å². The highest BCUT2D eigenvalue weighted by Crippen LogP contribution is 2.32. The molecule has 0 saturated heterocycles. The van der Waals surface area contributed by atoms with Crippen molar-refractivity contribution in [1.82, 2.24) is 4.98 Å². The molecule has 1 aromatic rings. The van der Waals surface area contributed by atoms with Gasteiger partial charge in [0.1, 0.15) is 0 Å². The first-order chi connectivity index (χ1) is 7.23. The Hall–Kier alpha value is -0.900. The minimum absolute atomic E-state index is 0.190. The number of carbonyl (C=O) groups is 1. The molecule has 1 unspecified atom stereocenters. The van der Waals surface area contributed by atoms with Crippen LogP contribution in [0.1, 0.15) is 17.4 Å². The molecular formula is C8H5F3INO3. The van der Waals surface area contributed by atoms with Gasteiger partial charge < -0.3 is 10.2 Å². The van der Waals surface area contributed by atoms with Gasteiger partial charge in [0.15, 0.2) is 11.8 Å². The highest BCUT2D eigenvalue weighted by Gasteiger charge is 2.35. The lowest BCUT2D eigenvalue weighted by Gasteiger charge is -2.10. The molecule has 0 aromatic carbocycles. The van der Waals surface area contributed by atoms with E-state index in [2.05, 4.69) is 4.98 Å². The number of aliphatic carboxylic acids is 1. The van der Waals surface area contributed by atoms with Crippen LogP contribution in [0.5, 0.6) is 0 Å². The van der Waals surface area contributed by atoms with Crippen molar-refractivity contribution in [3.8, 4) is 0 Å². The van der Waals surface area contributed by atoms with Crippen LogP contribution in [0, 0.1) is 3.57 Å². The van der Waals surface area contributed by atoms with E-state index in [4.69, 9.17) is 10.2 Å². The number of alkyl halides is 3. The minimum Gasteiger partial charge on any atom is -0.479 e. The molecule has 0 radical (unpaired) electrons. The number of carboxylic acids is 1. The van der Waals surface area contributed by atoms with E-state index in [1.807, 2.05) is 0 Å². The van der Waals surface area contributed by atoms with Crippen LogP contribution in [0.2, 0.25) is 0 Å². The molecule has 88 valence electrons. The maximum Gasteiger partial charge on any atom is 0.434 e. The largest absolute Gasteiger partial charge is 0.479 e. The van der Waals surface area contributed by atoms with Gasteiger partial charge in [0.2, 0.25) is 0 Å². The number of hydrogen-bond acceptors (Lipinski definition) is 3. The summed E-state index contributed by atoms with van der Waals surface area (Å²) in [5, 5.41) is 17.5. The van der Waals surface area contributed by atoms with E-state index in [9.17, 15) is 18.0 Å². The first-order valence-corrected chi connectivity index (χ1v) is 4.95. The first-order valence-electron chi connectivity index (χ1n) is 3.87. The van der Waals surface area contributed by atoms with Gasteiger partial charge in [0.25, 0.3) is 0 Å². The van der Waals surface area contributed by atoms with Crippen LogP contribution < -0.4 is 0 Å². The molecule has 0 aliphatic heterocycles. The summed E-state index contributed by atoms with van der Waals surface area (Å²) in [4.78, 5) is 13.5. The monoisotopic (exact) mass is 347 g/mol. The molecule has 16 heavy (non-hydrogen) atoms. The molecule has 4 nitrogen and oxygen atoms in total. The average Bonchev–Trinajstić information content (AvgIpc) is 2.14. The van der Waals surface area contributed by atoms with Crippen LogP contribution in [0.3, 0.4) is 0 Å². The Morgan fingerprint density at radius 1 is 1.50 bits per heavy atom. The van der Waals surface area contributed by atoms with Gasteiger partial charge in [0.05, 0.1) is 0 Å². The van der Waals surface area contributed by atoms with Crippen molar-refractivity contribution in [2.24, 2.45) is 0 Å². The van der Waals surface area contributed by atoms with E-state index < -0.39 is 23.9 Å². The molecule has 2 N–H and O–H groups in total. The second-order valence-electron chi connectivity index (χ2n) is 2.84. The zero-order valence-electron chi connectivity index (χ0n) is 7.49. The molecule has 0 fully saturated rings. The van der Waals surface area contributed by atoms with E-state index in [1.165, 1.54) is 22.6 Å². The van der Waals surface area contributed by atoms with Gasteiger partial charge in [-0.1, -0.05) is 0 Å². The molecule has 1 aromatic heterocycles. The fraction of sp³-hybridized carbons (Fsp3) is 0.250. The van der Waals surface area contributed by atoms with Gasteiger partial charge >= 0.3 is 12.1 Å². The van der Waals surface area contributed by atoms with E-state index in [1.54, 1.807) is 0 Å². The van der Waals surface area contributed by atoms with Crippen molar-refractivity contribution < 1.29 is 28.2 Å². The zero-order chi connectivity index (χ0) is 12.5. The smallest absolute Gasteiger partial charge is 0.434 e. The molecule has 0 amide bonds. The molecule has 1 heterocycles.